The lowest BCUT2D eigenvalue weighted by Crippen LogP contribution is -2.04. The van der Waals surface area contributed by atoms with Crippen LogP contribution in [0.25, 0.3) is 0 Å². The monoisotopic (exact) mass is 272 g/mol. The molecule has 5 heteroatoms. The molecule has 2 N–H and O–H groups in total. The smallest absolute Gasteiger partial charge is 0.311 e. The Morgan fingerprint density at radius 3 is 2.65 bits per heavy atom. The zero-order valence-electron chi connectivity index (χ0n) is 11.4. The van der Waals surface area contributed by atoms with Crippen LogP contribution >= 0.6 is 0 Å². The van der Waals surface area contributed by atoms with Crippen molar-refractivity contribution in [2.24, 2.45) is 5.73 Å². The third-order valence-corrected chi connectivity index (χ3v) is 2.92. The van der Waals surface area contributed by atoms with Crippen molar-refractivity contribution < 1.29 is 9.66 Å². The van der Waals surface area contributed by atoms with Gasteiger partial charge in [0.15, 0.2) is 0 Å². The minimum Gasteiger partial charge on any atom is -0.450 e. The molecule has 0 fully saturated rings. The predicted octanol–water partition coefficient (Wildman–Crippen LogP) is 3.72. The van der Waals surface area contributed by atoms with Gasteiger partial charge >= 0.3 is 5.69 Å². The Labute approximate surface area is 117 Å². The Morgan fingerprint density at radius 2 is 2.00 bits per heavy atom. The quantitative estimate of drug-likeness (QED) is 0.679. The second kappa shape index (κ2) is 5.71. The highest BCUT2D eigenvalue weighted by atomic mass is 16.6. The van der Waals surface area contributed by atoms with Crippen LogP contribution in [0.15, 0.2) is 42.5 Å². The zero-order chi connectivity index (χ0) is 14.7. The summed E-state index contributed by atoms with van der Waals surface area (Å²) in [5.74, 6) is 0.758. The molecule has 1 unspecified atom stereocenters. The third-order valence-electron chi connectivity index (χ3n) is 2.92. The first-order valence-electron chi connectivity index (χ1n) is 6.26. The lowest BCUT2D eigenvalue weighted by Gasteiger charge is -2.10. The number of nitrogens with zero attached hydrogens (tertiary/aromatic N) is 1. The number of nitrogens with two attached hydrogens (primary N) is 1. The van der Waals surface area contributed by atoms with Gasteiger partial charge in [0.1, 0.15) is 5.75 Å². The first kappa shape index (κ1) is 14.0. The summed E-state index contributed by atoms with van der Waals surface area (Å²) in [7, 11) is 0. The molecule has 2 rings (SSSR count). The molecule has 0 aliphatic heterocycles. The molecule has 2 aromatic carbocycles. The number of aryl methyl sites for hydroxylation is 1. The van der Waals surface area contributed by atoms with E-state index in [0.717, 1.165) is 11.1 Å². The molecule has 5 nitrogen and oxygen atoms in total. The molecular weight excluding hydrogens is 256 g/mol. The van der Waals surface area contributed by atoms with Gasteiger partial charge in [0, 0.05) is 12.1 Å². The van der Waals surface area contributed by atoms with Crippen LogP contribution in [0.5, 0.6) is 11.5 Å². The van der Waals surface area contributed by atoms with Crippen molar-refractivity contribution in [3.8, 4) is 11.5 Å². The molecule has 0 bridgehead atoms. The highest BCUT2D eigenvalue weighted by Gasteiger charge is 2.16. The fourth-order valence-corrected chi connectivity index (χ4v) is 1.84. The Hall–Kier alpha value is -2.40. The Bertz CT molecular complexity index is 639. The topological polar surface area (TPSA) is 78.4 Å². The molecule has 104 valence electrons. The average molecular weight is 272 g/mol. The minimum atomic E-state index is -0.447. The second-order valence-corrected chi connectivity index (χ2v) is 4.69. The molecule has 0 radical (unpaired) electrons. The van der Waals surface area contributed by atoms with Gasteiger partial charge in [-0.15, -0.1) is 0 Å². The fraction of sp³-hybridized carbons (Fsp3) is 0.200. The third kappa shape index (κ3) is 3.13. The van der Waals surface area contributed by atoms with E-state index in [9.17, 15) is 10.1 Å². The van der Waals surface area contributed by atoms with E-state index in [1.165, 1.54) is 6.07 Å². The largest absolute Gasteiger partial charge is 0.450 e. The summed E-state index contributed by atoms with van der Waals surface area (Å²) in [5, 5.41) is 11.0. The van der Waals surface area contributed by atoms with Crippen LogP contribution in [0.2, 0.25) is 0 Å². The van der Waals surface area contributed by atoms with E-state index in [1.807, 2.05) is 19.1 Å². The van der Waals surface area contributed by atoms with Gasteiger partial charge in [-0.2, -0.15) is 0 Å². The highest BCUT2D eigenvalue weighted by Crippen LogP contribution is 2.32. The molecule has 0 aliphatic rings. The van der Waals surface area contributed by atoms with Crippen molar-refractivity contribution in [3.05, 3.63) is 63.7 Å². The zero-order valence-corrected chi connectivity index (χ0v) is 11.4. The number of hydrogen-bond acceptors (Lipinski definition) is 4. The second-order valence-electron chi connectivity index (χ2n) is 4.69. The molecular formula is C15H16N2O3. The molecule has 2 aromatic rings. The van der Waals surface area contributed by atoms with Crippen LogP contribution in [-0.4, -0.2) is 4.92 Å². The van der Waals surface area contributed by atoms with Crippen LogP contribution < -0.4 is 10.5 Å². The molecule has 0 saturated carbocycles. The van der Waals surface area contributed by atoms with Crippen molar-refractivity contribution in [1.29, 1.82) is 0 Å². The fourth-order valence-electron chi connectivity index (χ4n) is 1.84. The first-order chi connectivity index (χ1) is 9.47. The standard InChI is InChI=1S/C15H16N2O3/c1-10-6-7-15(14(8-10)17(18)19)20-13-5-3-4-12(9-13)11(2)16/h3-9,11H,16H2,1-2H3. The molecule has 0 amide bonds. The number of ether oxygens (including phenoxy) is 1. The number of nitro benzene ring substituents is 1. The van der Waals surface area contributed by atoms with Crippen molar-refractivity contribution in [2.45, 2.75) is 19.9 Å². The number of benzene rings is 2. The summed E-state index contributed by atoms with van der Waals surface area (Å²) in [4.78, 5) is 10.6. The Morgan fingerprint density at radius 1 is 1.25 bits per heavy atom. The van der Waals surface area contributed by atoms with E-state index in [4.69, 9.17) is 10.5 Å². The van der Waals surface area contributed by atoms with Crippen molar-refractivity contribution in [1.82, 2.24) is 0 Å². The van der Waals surface area contributed by atoms with Crippen molar-refractivity contribution in [3.63, 3.8) is 0 Å². The SMILES string of the molecule is Cc1ccc(Oc2cccc(C(C)N)c2)c([N+](=O)[O-])c1. The highest BCUT2D eigenvalue weighted by molar-refractivity contribution is 5.50. The maximum atomic E-state index is 11.0. The van der Waals surface area contributed by atoms with Crippen LogP contribution in [0.1, 0.15) is 24.1 Å². The van der Waals surface area contributed by atoms with Gasteiger partial charge in [0.05, 0.1) is 4.92 Å². The summed E-state index contributed by atoms with van der Waals surface area (Å²) in [6, 6.07) is 12.0. The van der Waals surface area contributed by atoms with E-state index in [-0.39, 0.29) is 17.5 Å². The van der Waals surface area contributed by atoms with Crippen molar-refractivity contribution in [2.75, 3.05) is 0 Å². The lowest BCUT2D eigenvalue weighted by atomic mass is 10.1. The maximum absolute atomic E-state index is 11.0. The molecule has 0 heterocycles. The van der Waals surface area contributed by atoms with Gasteiger partial charge in [0.2, 0.25) is 5.75 Å². The summed E-state index contributed by atoms with van der Waals surface area (Å²) in [5.41, 5.74) is 7.49. The first-order valence-corrected chi connectivity index (χ1v) is 6.26. The van der Waals surface area contributed by atoms with Crippen LogP contribution in [0.4, 0.5) is 5.69 Å². The molecule has 0 saturated heterocycles. The van der Waals surface area contributed by atoms with Gasteiger partial charge in [-0.3, -0.25) is 10.1 Å². The minimum absolute atomic E-state index is 0.0452. The summed E-state index contributed by atoms with van der Waals surface area (Å²) in [6.07, 6.45) is 0. The van der Waals surface area contributed by atoms with Gasteiger partial charge in [0.25, 0.3) is 0 Å². The predicted molar refractivity (Wildman–Crippen MR) is 77.0 cm³/mol. The van der Waals surface area contributed by atoms with Gasteiger partial charge in [-0.05, 0) is 43.2 Å². The van der Waals surface area contributed by atoms with E-state index in [0.29, 0.717) is 5.75 Å². The van der Waals surface area contributed by atoms with E-state index in [2.05, 4.69) is 0 Å². The normalized spacial score (nSPS) is 11.9. The number of hydrogen-bond donors (Lipinski definition) is 1. The van der Waals surface area contributed by atoms with Gasteiger partial charge in [-0.25, -0.2) is 0 Å². The molecule has 0 aromatic heterocycles. The Balaban J connectivity index is 2.35. The lowest BCUT2D eigenvalue weighted by molar-refractivity contribution is -0.385. The van der Waals surface area contributed by atoms with E-state index >= 15 is 0 Å². The molecule has 0 aliphatic carbocycles. The van der Waals surface area contributed by atoms with E-state index < -0.39 is 4.92 Å². The summed E-state index contributed by atoms with van der Waals surface area (Å²) >= 11 is 0. The number of rotatable bonds is 4. The van der Waals surface area contributed by atoms with Crippen LogP contribution in [0, 0.1) is 17.0 Å². The summed E-state index contributed by atoms with van der Waals surface area (Å²) < 4.78 is 5.62. The van der Waals surface area contributed by atoms with Gasteiger partial charge in [-0.1, -0.05) is 18.2 Å². The van der Waals surface area contributed by atoms with Crippen LogP contribution in [-0.2, 0) is 0 Å². The Kier molecular flexibility index (Phi) is 4.00. The van der Waals surface area contributed by atoms with Crippen LogP contribution in [0.3, 0.4) is 0 Å². The van der Waals surface area contributed by atoms with Crippen molar-refractivity contribution >= 4 is 5.69 Å². The molecule has 1 atom stereocenters. The molecule has 0 spiro atoms. The maximum Gasteiger partial charge on any atom is 0.311 e. The average Bonchev–Trinajstić information content (AvgIpc) is 2.41. The molecule has 20 heavy (non-hydrogen) atoms. The van der Waals surface area contributed by atoms with E-state index in [1.54, 1.807) is 31.2 Å². The van der Waals surface area contributed by atoms with Gasteiger partial charge < -0.3 is 10.5 Å². The number of nitro groups is 1. The summed E-state index contributed by atoms with van der Waals surface area (Å²) in [6.45, 7) is 3.67.